The number of rotatable bonds is 6. The fraction of sp³-hybridized carbons (Fsp3) is 0.231. The number of fused-ring (bicyclic) bond motifs is 1. The molecule has 4 nitrogen and oxygen atoms in total. The lowest BCUT2D eigenvalue weighted by atomic mass is 10.1. The maximum atomic E-state index is 13.3. The molecule has 1 amide bonds. The van der Waals surface area contributed by atoms with E-state index in [9.17, 15) is 13.6 Å². The molecule has 1 unspecified atom stereocenters. The van der Waals surface area contributed by atoms with Crippen LogP contribution in [-0.2, 0) is 17.8 Å². The van der Waals surface area contributed by atoms with E-state index in [0.717, 1.165) is 39.1 Å². The molecule has 1 N–H and O–H groups in total. The highest BCUT2D eigenvalue weighted by Crippen LogP contribution is 2.26. The van der Waals surface area contributed by atoms with E-state index in [0.29, 0.717) is 13.0 Å². The topological polar surface area (TPSA) is 46.9 Å². The number of benzene rings is 3. The van der Waals surface area contributed by atoms with Crippen molar-refractivity contribution in [3.05, 3.63) is 100 Å². The Morgan fingerprint density at radius 1 is 0.938 bits per heavy atom. The first kappa shape index (κ1) is 21.7. The number of nitrogens with one attached hydrogen (secondary N) is 1. The Hall–Kier alpha value is -3.54. The fourth-order valence-corrected chi connectivity index (χ4v) is 3.80. The number of aromatic nitrogens is 2. The lowest BCUT2D eigenvalue weighted by Gasteiger charge is -2.18. The monoisotopic (exact) mass is 433 g/mol. The number of amides is 1. The highest BCUT2D eigenvalue weighted by atomic mass is 19.1. The molecule has 164 valence electrons. The van der Waals surface area contributed by atoms with E-state index in [1.54, 1.807) is 24.3 Å². The average molecular weight is 434 g/mol. The molecular weight excluding hydrogens is 408 g/mol. The first-order valence-electron chi connectivity index (χ1n) is 10.6. The molecule has 32 heavy (non-hydrogen) atoms. The highest BCUT2D eigenvalue weighted by molar-refractivity contribution is 5.85. The molecule has 0 aliphatic rings. The number of nitrogens with zero attached hydrogens (tertiary/aromatic N) is 2. The quantitative estimate of drug-likeness (QED) is 0.443. The maximum absolute atomic E-state index is 13.3. The molecule has 1 heterocycles. The van der Waals surface area contributed by atoms with Gasteiger partial charge in [0.25, 0.3) is 0 Å². The molecule has 3 aromatic carbocycles. The van der Waals surface area contributed by atoms with Gasteiger partial charge in [-0.05, 0) is 79.4 Å². The van der Waals surface area contributed by atoms with Crippen LogP contribution in [0.1, 0.15) is 41.0 Å². The fourth-order valence-electron chi connectivity index (χ4n) is 3.80. The summed E-state index contributed by atoms with van der Waals surface area (Å²) in [6.07, 6.45) is 0.475. The van der Waals surface area contributed by atoms with Gasteiger partial charge in [-0.3, -0.25) is 4.79 Å². The summed E-state index contributed by atoms with van der Waals surface area (Å²) >= 11 is 0. The van der Waals surface area contributed by atoms with Crippen molar-refractivity contribution in [3.63, 3.8) is 0 Å². The minimum Gasteiger partial charge on any atom is -0.350 e. The van der Waals surface area contributed by atoms with E-state index in [4.69, 9.17) is 4.98 Å². The Labute approximate surface area is 185 Å². The number of carbonyl (C=O) groups excluding carboxylic acids is 1. The van der Waals surface area contributed by atoms with Gasteiger partial charge in [0, 0.05) is 13.0 Å². The largest absolute Gasteiger partial charge is 0.350 e. The van der Waals surface area contributed by atoms with E-state index >= 15 is 0 Å². The molecule has 0 spiro atoms. The summed E-state index contributed by atoms with van der Waals surface area (Å²) in [5.74, 6) is -0.0234. The van der Waals surface area contributed by atoms with Gasteiger partial charge < -0.3 is 9.88 Å². The number of hydrogen-bond acceptors (Lipinski definition) is 2. The maximum Gasteiger partial charge on any atom is 0.243 e. The summed E-state index contributed by atoms with van der Waals surface area (Å²) in [6.45, 7) is 6.21. The molecule has 1 aromatic heterocycles. The van der Waals surface area contributed by atoms with E-state index in [-0.39, 0.29) is 17.5 Å². The third-order valence-corrected chi connectivity index (χ3v) is 5.80. The third-order valence-electron chi connectivity index (χ3n) is 5.80. The van der Waals surface area contributed by atoms with Gasteiger partial charge >= 0.3 is 0 Å². The number of imidazole rings is 1. The molecule has 0 bridgehead atoms. The molecule has 4 aromatic rings. The first-order valence-corrected chi connectivity index (χ1v) is 10.6. The SMILES string of the molecule is Cc1cc2nc(Cc3ccc(F)cc3)n(C(C)C(=O)NCc3ccc(F)cc3)c2cc1C. The minimum atomic E-state index is -0.516. The predicted molar refractivity (Wildman–Crippen MR) is 121 cm³/mol. The first-order chi connectivity index (χ1) is 15.3. The van der Waals surface area contributed by atoms with Crippen LogP contribution in [0.15, 0.2) is 60.7 Å². The highest BCUT2D eigenvalue weighted by Gasteiger charge is 2.22. The molecule has 0 saturated heterocycles. The van der Waals surface area contributed by atoms with Crippen molar-refractivity contribution < 1.29 is 13.6 Å². The van der Waals surface area contributed by atoms with E-state index in [1.807, 2.05) is 31.4 Å². The zero-order chi connectivity index (χ0) is 22.8. The lowest BCUT2D eigenvalue weighted by molar-refractivity contribution is -0.124. The van der Waals surface area contributed by atoms with Gasteiger partial charge in [-0.2, -0.15) is 0 Å². The molecular formula is C26H25F2N3O. The second-order valence-corrected chi connectivity index (χ2v) is 8.15. The summed E-state index contributed by atoms with van der Waals surface area (Å²) in [6, 6.07) is 15.9. The van der Waals surface area contributed by atoms with Crippen LogP contribution < -0.4 is 5.32 Å². The molecule has 0 fully saturated rings. The van der Waals surface area contributed by atoms with Gasteiger partial charge in [-0.1, -0.05) is 24.3 Å². The van der Waals surface area contributed by atoms with Crippen LogP contribution in [-0.4, -0.2) is 15.5 Å². The van der Waals surface area contributed by atoms with Crippen molar-refractivity contribution in [2.24, 2.45) is 0 Å². The lowest BCUT2D eigenvalue weighted by Crippen LogP contribution is -2.31. The van der Waals surface area contributed by atoms with Gasteiger partial charge in [0.05, 0.1) is 11.0 Å². The zero-order valence-corrected chi connectivity index (χ0v) is 18.3. The van der Waals surface area contributed by atoms with Crippen LogP contribution in [0.5, 0.6) is 0 Å². The molecule has 1 atom stereocenters. The van der Waals surface area contributed by atoms with E-state index < -0.39 is 6.04 Å². The summed E-state index contributed by atoms with van der Waals surface area (Å²) in [7, 11) is 0. The molecule has 0 aliphatic carbocycles. The number of halogens is 2. The van der Waals surface area contributed by atoms with Gasteiger partial charge in [0.15, 0.2) is 0 Å². The second kappa shape index (κ2) is 8.91. The van der Waals surface area contributed by atoms with Crippen molar-refractivity contribution in [2.75, 3.05) is 0 Å². The Kier molecular flexibility index (Phi) is 6.04. The Morgan fingerprint density at radius 3 is 2.12 bits per heavy atom. The number of carbonyl (C=O) groups is 1. The molecule has 0 aliphatic heterocycles. The van der Waals surface area contributed by atoms with Gasteiger partial charge in [-0.25, -0.2) is 13.8 Å². The van der Waals surface area contributed by atoms with Crippen LogP contribution in [0.25, 0.3) is 11.0 Å². The molecule has 0 radical (unpaired) electrons. The third kappa shape index (κ3) is 4.54. The molecule has 6 heteroatoms. The average Bonchev–Trinajstić information content (AvgIpc) is 3.11. The van der Waals surface area contributed by atoms with Crippen molar-refractivity contribution in [3.8, 4) is 0 Å². The van der Waals surface area contributed by atoms with Crippen LogP contribution in [0, 0.1) is 25.5 Å². The summed E-state index contributed by atoms with van der Waals surface area (Å²) in [5.41, 5.74) is 5.68. The summed E-state index contributed by atoms with van der Waals surface area (Å²) in [5, 5.41) is 2.94. The summed E-state index contributed by atoms with van der Waals surface area (Å²) < 4.78 is 28.4. The predicted octanol–water partition coefficient (Wildman–Crippen LogP) is 5.40. The molecule has 0 saturated carbocycles. The van der Waals surface area contributed by atoms with Crippen molar-refractivity contribution >= 4 is 16.9 Å². The van der Waals surface area contributed by atoms with E-state index in [1.165, 1.54) is 24.3 Å². The van der Waals surface area contributed by atoms with Crippen LogP contribution in [0.4, 0.5) is 8.78 Å². The van der Waals surface area contributed by atoms with Gasteiger partial charge in [0.2, 0.25) is 5.91 Å². The summed E-state index contributed by atoms with van der Waals surface area (Å²) in [4.78, 5) is 17.9. The van der Waals surface area contributed by atoms with Crippen LogP contribution >= 0.6 is 0 Å². The number of aryl methyl sites for hydroxylation is 2. The van der Waals surface area contributed by atoms with Crippen molar-refractivity contribution in [1.29, 1.82) is 0 Å². The van der Waals surface area contributed by atoms with Crippen LogP contribution in [0.3, 0.4) is 0 Å². The Morgan fingerprint density at radius 2 is 1.50 bits per heavy atom. The minimum absolute atomic E-state index is 0.160. The smallest absolute Gasteiger partial charge is 0.243 e. The second-order valence-electron chi connectivity index (χ2n) is 8.15. The van der Waals surface area contributed by atoms with Crippen molar-refractivity contribution in [2.45, 2.75) is 39.8 Å². The van der Waals surface area contributed by atoms with Gasteiger partial charge in [0.1, 0.15) is 23.5 Å². The van der Waals surface area contributed by atoms with Crippen LogP contribution in [0.2, 0.25) is 0 Å². The number of hydrogen-bond donors (Lipinski definition) is 1. The van der Waals surface area contributed by atoms with Crippen molar-refractivity contribution in [1.82, 2.24) is 14.9 Å². The standard InChI is InChI=1S/C26H25F2N3O/c1-16-12-23-24(13-17(16)2)31(25(30-23)14-19-4-8-21(27)9-5-19)18(3)26(32)29-15-20-6-10-22(28)11-7-20/h4-13,18H,14-15H2,1-3H3,(H,29,32). The molecule has 4 rings (SSSR count). The zero-order valence-electron chi connectivity index (χ0n) is 18.3. The Balaban J connectivity index is 1.66. The normalized spacial score (nSPS) is 12.2. The van der Waals surface area contributed by atoms with E-state index in [2.05, 4.69) is 11.4 Å². The van der Waals surface area contributed by atoms with Gasteiger partial charge in [-0.15, -0.1) is 0 Å². The Bertz CT molecular complexity index is 1260.